The van der Waals surface area contributed by atoms with E-state index in [1.165, 1.54) is 10.8 Å². The number of rotatable bonds is 6. The summed E-state index contributed by atoms with van der Waals surface area (Å²) in [5, 5.41) is 4.50. The number of hydrogen-bond acceptors (Lipinski definition) is 5. The fourth-order valence-corrected chi connectivity index (χ4v) is 7.11. The van der Waals surface area contributed by atoms with E-state index in [2.05, 4.69) is 127 Å². The van der Waals surface area contributed by atoms with Gasteiger partial charge in [0.2, 0.25) is 0 Å². The molecule has 3 heterocycles. The van der Waals surface area contributed by atoms with Crippen LogP contribution >= 0.6 is 0 Å². The lowest BCUT2D eigenvalue weighted by Gasteiger charge is -2.13. The Balaban J connectivity index is 1.09. The number of nitrogens with zero attached hydrogens (tertiary/aromatic N) is 5. The van der Waals surface area contributed by atoms with Gasteiger partial charge >= 0.3 is 0 Å². The molecule has 0 spiro atoms. The topological polar surface area (TPSA) is 64.5 Å². The summed E-state index contributed by atoms with van der Waals surface area (Å²) in [6, 6.07) is 64.7. The third-order valence-corrected chi connectivity index (χ3v) is 9.91. The van der Waals surface area contributed by atoms with Crippen molar-refractivity contribution < 1.29 is 0 Å². The molecule has 0 amide bonds. The molecule has 0 bridgehead atoms. The summed E-state index contributed by atoms with van der Waals surface area (Å²) in [5.41, 5.74) is 10.6. The zero-order chi connectivity index (χ0) is 35.8. The first-order valence-corrected chi connectivity index (χ1v) is 18.0. The zero-order valence-corrected chi connectivity index (χ0v) is 29.1. The number of aromatic nitrogens is 5. The molecule has 0 radical (unpaired) electrons. The van der Waals surface area contributed by atoms with Crippen molar-refractivity contribution in [3.8, 4) is 67.8 Å². The molecule has 5 heteroatoms. The highest BCUT2D eigenvalue weighted by molar-refractivity contribution is 6.09. The van der Waals surface area contributed by atoms with E-state index in [0.717, 1.165) is 72.1 Å². The summed E-state index contributed by atoms with van der Waals surface area (Å²) in [7, 11) is 0. The molecular weight excluding hydrogens is 659 g/mol. The molecule has 0 fully saturated rings. The minimum Gasteiger partial charge on any atom is -0.245 e. The van der Waals surface area contributed by atoms with E-state index in [4.69, 9.17) is 24.9 Å². The molecule has 0 atom stereocenters. The van der Waals surface area contributed by atoms with Gasteiger partial charge in [0, 0.05) is 38.6 Å². The molecule has 54 heavy (non-hydrogen) atoms. The molecule has 5 nitrogen and oxygen atoms in total. The van der Waals surface area contributed by atoms with Crippen LogP contribution in [0.25, 0.3) is 100 Å². The SMILES string of the molecule is c1ccc(-c2nc(-c3ccccc3)nc(-c3ccc(-c4ccc5ccc6c(-c7ccccc7)cc(-c7ccc8ccccc8c7)nc6c5n4)cc3)n2)cc1. The Morgan fingerprint density at radius 1 is 0.259 bits per heavy atom. The van der Waals surface area contributed by atoms with Crippen LogP contribution in [0.1, 0.15) is 0 Å². The lowest BCUT2D eigenvalue weighted by atomic mass is 9.96. The normalized spacial score (nSPS) is 11.3. The molecule has 0 saturated carbocycles. The lowest BCUT2D eigenvalue weighted by Crippen LogP contribution is -2.00. The average molecular weight is 690 g/mol. The van der Waals surface area contributed by atoms with Crippen LogP contribution in [0.15, 0.2) is 188 Å². The molecule has 0 N–H and O–H groups in total. The summed E-state index contributed by atoms with van der Waals surface area (Å²) >= 11 is 0. The van der Waals surface area contributed by atoms with Gasteiger partial charge in [-0.05, 0) is 40.1 Å². The molecule has 0 saturated heterocycles. The highest BCUT2D eigenvalue weighted by Crippen LogP contribution is 2.37. The molecule has 3 aromatic heterocycles. The van der Waals surface area contributed by atoms with Crippen molar-refractivity contribution in [2.45, 2.75) is 0 Å². The maximum atomic E-state index is 5.34. The van der Waals surface area contributed by atoms with Crippen molar-refractivity contribution in [3.63, 3.8) is 0 Å². The van der Waals surface area contributed by atoms with E-state index in [1.807, 2.05) is 60.7 Å². The van der Waals surface area contributed by atoms with E-state index < -0.39 is 0 Å². The van der Waals surface area contributed by atoms with Crippen LogP contribution < -0.4 is 0 Å². The average Bonchev–Trinajstić information content (AvgIpc) is 3.26. The Bertz CT molecular complexity index is 2910. The molecule has 0 unspecified atom stereocenters. The van der Waals surface area contributed by atoms with Crippen LogP contribution in [0.4, 0.5) is 0 Å². The van der Waals surface area contributed by atoms with Gasteiger partial charge in [0.15, 0.2) is 17.5 Å². The molecule has 0 aliphatic heterocycles. The maximum absolute atomic E-state index is 5.34. The third kappa shape index (κ3) is 5.84. The minimum absolute atomic E-state index is 0.616. The third-order valence-electron chi connectivity index (χ3n) is 9.91. The van der Waals surface area contributed by atoms with Crippen LogP contribution in [0.3, 0.4) is 0 Å². The first kappa shape index (κ1) is 31.4. The van der Waals surface area contributed by atoms with Crippen molar-refractivity contribution in [2.24, 2.45) is 0 Å². The van der Waals surface area contributed by atoms with Gasteiger partial charge in [-0.1, -0.05) is 170 Å². The van der Waals surface area contributed by atoms with E-state index >= 15 is 0 Å². The molecule has 10 rings (SSSR count). The highest BCUT2D eigenvalue weighted by Gasteiger charge is 2.16. The maximum Gasteiger partial charge on any atom is 0.164 e. The standard InChI is InChI=1S/C49H31N5/c1-4-13-33(14-5-1)42-31-44(40-25-20-32-12-10-11-19-39(32)30-40)51-46-41(42)28-26-35-27-29-43(50-45(35)46)34-21-23-38(24-22-34)49-53-47(36-15-6-2-7-16-36)52-48(54-49)37-17-8-3-9-18-37/h1-31H. The summed E-state index contributed by atoms with van der Waals surface area (Å²) in [4.78, 5) is 25.3. The highest BCUT2D eigenvalue weighted by atomic mass is 15.0. The summed E-state index contributed by atoms with van der Waals surface area (Å²) in [6.45, 7) is 0. The molecule has 0 aliphatic rings. The van der Waals surface area contributed by atoms with Crippen molar-refractivity contribution in [3.05, 3.63) is 188 Å². The predicted octanol–water partition coefficient (Wildman–Crippen LogP) is 12.1. The van der Waals surface area contributed by atoms with Gasteiger partial charge in [-0.3, -0.25) is 0 Å². The summed E-state index contributed by atoms with van der Waals surface area (Å²) in [5.74, 6) is 1.89. The van der Waals surface area contributed by atoms with E-state index in [-0.39, 0.29) is 0 Å². The molecule has 7 aromatic carbocycles. The molecule has 10 aromatic rings. The molecule has 252 valence electrons. The van der Waals surface area contributed by atoms with Crippen LogP contribution in [0.2, 0.25) is 0 Å². The largest absolute Gasteiger partial charge is 0.245 e. The quantitative estimate of drug-likeness (QED) is 0.163. The first-order chi connectivity index (χ1) is 26.7. The van der Waals surface area contributed by atoms with Crippen molar-refractivity contribution >= 4 is 32.6 Å². The van der Waals surface area contributed by atoms with Gasteiger partial charge in [0.25, 0.3) is 0 Å². The summed E-state index contributed by atoms with van der Waals surface area (Å²) in [6.07, 6.45) is 0. The second-order valence-electron chi connectivity index (χ2n) is 13.3. The second kappa shape index (κ2) is 13.3. The van der Waals surface area contributed by atoms with Gasteiger partial charge in [-0.15, -0.1) is 0 Å². The number of benzene rings is 7. The fourth-order valence-electron chi connectivity index (χ4n) is 7.11. The van der Waals surface area contributed by atoms with Gasteiger partial charge in [-0.25, -0.2) is 24.9 Å². The number of pyridine rings is 2. The van der Waals surface area contributed by atoms with E-state index in [9.17, 15) is 0 Å². The molecule has 0 aliphatic carbocycles. The Labute approximate surface area is 312 Å². The number of fused-ring (bicyclic) bond motifs is 4. The lowest BCUT2D eigenvalue weighted by molar-refractivity contribution is 1.07. The Hall–Kier alpha value is -7.37. The van der Waals surface area contributed by atoms with Crippen molar-refractivity contribution in [1.29, 1.82) is 0 Å². The van der Waals surface area contributed by atoms with Gasteiger partial charge in [-0.2, -0.15) is 0 Å². The van der Waals surface area contributed by atoms with E-state index in [0.29, 0.717) is 17.5 Å². The van der Waals surface area contributed by atoms with Crippen molar-refractivity contribution in [2.75, 3.05) is 0 Å². The fraction of sp³-hybridized carbons (Fsp3) is 0. The van der Waals surface area contributed by atoms with Crippen LogP contribution in [-0.4, -0.2) is 24.9 Å². The van der Waals surface area contributed by atoms with Crippen LogP contribution in [-0.2, 0) is 0 Å². The van der Waals surface area contributed by atoms with Gasteiger partial charge in [0.1, 0.15) is 0 Å². The minimum atomic E-state index is 0.616. The van der Waals surface area contributed by atoms with Crippen molar-refractivity contribution in [1.82, 2.24) is 24.9 Å². The zero-order valence-electron chi connectivity index (χ0n) is 29.1. The Morgan fingerprint density at radius 2 is 0.741 bits per heavy atom. The number of hydrogen-bond donors (Lipinski definition) is 0. The smallest absolute Gasteiger partial charge is 0.164 e. The summed E-state index contributed by atoms with van der Waals surface area (Å²) < 4.78 is 0. The van der Waals surface area contributed by atoms with Crippen LogP contribution in [0, 0.1) is 0 Å². The first-order valence-electron chi connectivity index (χ1n) is 18.0. The van der Waals surface area contributed by atoms with Crippen LogP contribution in [0.5, 0.6) is 0 Å². The molecular formula is C49H31N5. The monoisotopic (exact) mass is 689 g/mol. The Kier molecular flexibility index (Phi) is 7.73. The van der Waals surface area contributed by atoms with Gasteiger partial charge < -0.3 is 0 Å². The van der Waals surface area contributed by atoms with E-state index in [1.54, 1.807) is 0 Å². The van der Waals surface area contributed by atoms with Gasteiger partial charge in [0.05, 0.1) is 22.4 Å². The Morgan fingerprint density at radius 3 is 1.39 bits per heavy atom. The second-order valence-corrected chi connectivity index (χ2v) is 13.3. The predicted molar refractivity (Wildman–Crippen MR) is 221 cm³/mol.